The van der Waals surface area contributed by atoms with Crippen molar-refractivity contribution in [1.29, 1.82) is 26.3 Å². The highest BCUT2D eigenvalue weighted by atomic mass is 80.9. The molecule has 0 spiro atoms. The molecule has 0 aliphatic carbocycles. The lowest BCUT2D eigenvalue weighted by molar-refractivity contribution is -0.111. The Hall–Kier alpha value is -3.44. The van der Waals surface area contributed by atoms with Crippen molar-refractivity contribution in [2.45, 2.75) is 121 Å². The maximum absolute atomic E-state index is 11.4. The van der Waals surface area contributed by atoms with Crippen LogP contribution in [0, 0.1) is 56.3 Å². The zero-order valence-corrected chi connectivity index (χ0v) is 55.2. The second-order valence-electron chi connectivity index (χ2n) is 15.3. The van der Waals surface area contributed by atoms with Crippen molar-refractivity contribution in [3.63, 3.8) is 0 Å². The first kappa shape index (κ1) is 90.1. The van der Waals surface area contributed by atoms with Crippen LogP contribution in [0.2, 0.25) is 19.6 Å². The van der Waals surface area contributed by atoms with Crippen LogP contribution in [0.3, 0.4) is 0 Å². The van der Waals surface area contributed by atoms with Crippen LogP contribution < -0.4 is 28.3 Å². The Morgan fingerprint density at radius 1 is 0.703 bits per heavy atom. The summed E-state index contributed by atoms with van der Waals surface area (Å²) >= 11 is 28.0. The maximum Gasteiger partial charge on any atom is 0.519 e. The molecule has 0 fully saturated rings. The minimum absolute atomic E-state index is 0. The smallest absolute Gasteiger partial charge is 0.444 e. The Morgan fingerprint density at radius 3 is 1.26 bits per heavy atom. The number of nitrogens with zero attached hydrogens (tertiary/aromatic N) is 8. The van der Waals surface area contributed by atoms with Crippen molar-refractivity contribution in [3.8, 4) is 30.0 Å². The molecule has 34 heteroatoms. The molecule has 0 unspecified atom stereocenters. The van der Waals surface area contributed by atoms with Gasteiger partial charge in [-0.25, -0.2) is 34.6 Å². The van der Waals surface area contributed by atoms with Crippen LogP contribution >= 0.6 is 154 Å². The number of alkyl halides is 2. The standard InChI is InChI=1S/C10H18O5.C9H10BrN3O2S.C4H2BrN3S.C4H3N3S.C4H9NSi.C3H2BrNO.C2H2Br2O.CH4N2S.3CH4.Br2/c1-9(2,3)14-7(11)13-8(12)15-10(4,5)6;1-9(2,3)15-8(14)13-7-12-5(4-11)6(10)16-7;5-3-2(1-6)8-4(7)9-3;5-1-3-2-8-4(6)7-3;1-6(2,3)4-5;4-1-3(6)2-5;3-1-2(4)5;2-1(3)4;;;;1-2/h1-6H3;1-3H3,(H,12,13,14);(H2,7,8);2H,(H2,6,7);1-3H3;1H2;1H2;(H4,2,3,4);3*1H4;. The van der Waals surface area contributed by atoms with E-state index in [2.05, 4.69) is 162 Å². The molecule has 0 atom stereocenters. The number of anilines is 3. The minimum atomic E-state index is -1.33. The first-order valence-electron chi connectivity index (χ1n) is 18.2. The third-order valence-corrected chi connectivity index (χ3v) is 10.8. The monoisotopic (exact) mass is 1580 g/mol. The number of ketones is 1. The number of nitrogen functional groups attached to an aromatic ring is 2. The summed E-state index contributed by atoms with van der Waals surface area (Å²) < 4.78 is 20.1. The molecule has 1 amide bonds. The molecule has 0 radical (unpaired) electrons. The van der Waals surface area contributed by atoms with Gasteiger partial charge in [0.1, 0.15) is 48.7 Å². The zero-order chi connectivity index (χ0) is 57.5. The van der Waals surface area contributed by atoms with E-state index in [1.807, 2.05) is 37.8 Å². The SMILES string of the molecule is BrBr.C.C.C.CC(C)(C)OC(=O)Nc1nc(C#N)c(Br)s1.CC(C)(C)OC(=O)OC(=O)OC(C)(C)C.C[Si](C)(C)C#N.N#CC(=O)CBr.N#Cc1csc(N)n1.N#Cc1nc(N)sc1Br.NC(N)=S.O=C(Br)CBr. The second kappa shape index (κ2) is 49.1. The highest BCUT2D eigenvalue weighted by Gasteiger charge is 2.24. The molecule has 0 bridgehead atoms. The van der Waals surface area contributed by atoms with Crippen LogP contribution in [0.15, 0.2) is 13.0 Å². The summed E-state index contributed by atoms with van der Waals surface area (Å²) in [5.41, 5.74) is 21.0. The summed E-state index contributed by atoms with van der Waals surface area (Å²) in [6.07, 6.45) is -2.70. The van der Waals surface area contributed by atoms with Crippen LogP contribution in [0.1, 0.15) is 102 Å². The van der Waals surface area contributed by atoms with Gasteiger partial charge < -0.3 is 41.9 Å². The van der Waals surface area contributed by atoms with Gasteiger partial charge in [-0.1, -0.05) is 96.5 Å². The normalized spacial score (nSPS) is 9.00. The fourth-order valence-corrected chi connectivity index (χ4v) is 5.24. The molecular weight excluding hydrogens is 1520 g/mol. The van der Waals surface area contributed by atoms with E-state index in [4.69, 9.17) is 52.0 Å². The van der Waals surface area contributed by atoms with Crippen molar-refractivity contribution in [2.24, 2.45) is 11.5 Å². The summed E-state index contributed by atoms with van der Waals surface area (Å²) in [5.74, 6) is -0.435. The number of amides is 1. The quantitative estimate of drug-likeness (QED) is 0.0238. The number of hydrogen-bond acceptors (Lipinski definition) is 23. The molecule has 0 saturated heterocycles. The molecule has 3 heterocycles. The van der Waals surface area contributed by atoms with Gasteiger partial charge in [-0.05, 0) is 122 Å². The minimum Gasteiger partial charge on any atom is -0.444 e. The Morgan fingerprint density at radius 2 is 1.07 bits per heavy atom. The van der Waals surface area contributed by atoms with Gasteiger partial charge in [0.05, 0.1) is 10.7 Å². The number of nitriles is 5. The third-order valence-electron chi connectivity index (χ3n) is 4.28. The molecule has 3 aromatic heterocycles. The van der Waals surface area contributed by atoms with E-state index in [1.54, 1.807) is 67.7 Å². The summed E-state index contributed by atoms with van der Waals surface area (Å²) in [5, 5.41) is 46.9. The summed E-state index contributed by atoms with van der Waals surface area (Å²) in [7, 11) is -1.33. The number of thiocarbonyl (C=S) groups is 1. The number of hydrogen-bond donors (Lipinski definition) is 5. The van der Waals surface area contributed by atoms with Gasteiger partial charge in [0, 0.05) is 39.3 Å². The maximum atomic E-state index is 11.4. The first-order valence-corrected chi connectivity index (χ1v) is 33.0. The lowest BCUT2D eigenvalue weighted by Crippen LogP contribution is -2.29. The van der Waals surface area contributed by atoms with Gasteiger partial charge in [0.25, 0.3) is 0 Å². The fraction of sp³-hybridized carbons (Fsp3) is 0.500. The molecule has 3 aromatic rings. The predicted molar refractivity (Wildman–Crippen MR) is 328 cm³/mol. The molecule has 9 N–H and O–H groups in total. The molecule has 0 aromatic carbocycles. The van der Waals surface area contributed by atoms with Crippen molar-refractivity contribution < 1.29 is 42.9 Å². The van der Waals surface area contributed by atoms with E-state index < -0.39 is 49.1 Å². The number of carbonyl (C=O) groups is 5. The molecular formula is C40H62Br7N13O9S4Si. The number of halogens is 7. The molecule has 0 aliphatic rings. The number of nitrogens with two attached hydrogens (primary N) is 4. The molecule has 74 heavy (non-hydrogen) atoms. The second-order valence-corrected chi connectivity index (χ2v) is 28.1. The topological polar surface area (TPSA) is 396 Å². The van der Waals surface area contributed by atoms with Crippen molar-refractivity contribution in [3.05, 3.63) is 30.0 Å². The molecule has 418 valence electrons. The molecule has 0 saturated carbocycles. The highest BCUT2D eigenvalue weighted by molar-refractivity contribution is 9.93. The Labute approximate surface area is 510 Å². The van der Waals surface area contributed by atoms with Crippen LogP contribution in [0.25, 0.3) is 0 Å². The lowest BCUT2D eigenvalue weighted by atomic mass is 10.2. The summed E-state index contributed by atoms with van der Waals surface area (Å²) in [6.45, 7) is 21.4. The average Bonchev–Trinajstić information content (AvgIpc) is 3.92. The van der Waals surface area contributed by atoms with E-state index >= 15 is 0 Å². The van der Waals surface area contributed by atoms with Crippen LogP contribution in [-0.4, -0.2) is 84.5 Å². The van der Waals surface area contributed by atoms with Gasteiger partial charge in [-0.15, -0.1) is 11.3 Å². The van der Waals surface area contributed by atoms with Crippen LogP contribution in [-0.2, 0) is 28.5 Å². The van der Waals surface area contributed by atoms with Gasteiger partial charge >= 0.3 is 18.4 Å². The van der Waals surface area contributed by atoms with Gasteiger partial charge in [0.2, 0.25) is 10.5 Å². The first-order chi connectivity index (χ1) is 32.2. The van der Waals surface area contributed by atoms with Crippen LogP contribution in [0.5, 0.6) is 0 Å². The van der Waals surface area contributed by atoms with Gasteiger partial charge in [-0.3, -0.25) is 14.9 Å². The lowest BCUT2D eigenvalue weighted by Gasteiger charge is -2.20. The van der Waals surface area contributed by atoms with E-state index in [-0.39, 0.29) is 43.1 Å². The number of aromatic nitrogens is 3. The number of rotatable bonds is 3. The zero-order valence-electron chi connectivity index (χ0n) is 39.8. The van der Waals surface area contributed by atoms with Crippen molar-refractivity contribution >= 4 is 212 Å². The fourth-order valence-electron chi connectivity index (χ4n) is 2.18. The summed E-state index contributed by atoms with van der Waals surface area (Å²) in [4.78, 5) is 64.1. The van der Waals surface area contributed by atoms with E-state index in [0.717, 1.165) is 11.3 Å². The van der Waals surface area contributed by atoms with Gasteiger partial charge in [-0.2, -0.15) is 21.0 Å². The largest absolute Gasteiger partial charge is 0.519 e. The third kappa shape index (κ3) is 68.6. The van der Waals surface area contributed by atoms with Crippen LogP contribution in [0.4, 0.5) is 29.8 Å². The van der Waals surface area contributed by atoms with Crippen molar-refractivity contribution in [1.82, 2.24) is 15.0 Å². The Bertz CT molecular complexity index is 2310. The molecule has 0 aliphatic heterocycles. The number of Topliss-reactive ketones (excluding diaryl/α,β-unsaturated/α-hetero) is 1. The number of carbonyl (C=O) groups excluding carboxylic acids is 5. The van der Waals surface area contributed by atoms with E-state index in [0.29, 0.717) is 39.7 Å². The predicted octanol–water partition coefficient (Wildman–Crippen LogP) is 13.9. The Balaban J connectivity index is -0.0000000961. The van der Waals surface area contributed by atoms with E-state index in [1.165, 1.54) is 28.7 Å². The van der Waals surface area contributed by atoms with Gasteiger partial charge in [0.15, 0.2) is 45.7 Å². The highest BCUT2D eigenvalue weighted by Crippen LogP contribution is 2.28. The number of thiazole rings is 3. The molecule has 3 rings (SSSR count). The van der Waals surface area contributed by atoms with E-state index in [9.17, 15) is 24.0 Å². The summed E-state index contributed by atoms with van der Waals surface area (Å²) in [6, 6.07) is 7.08. The average molecular weight is 1580 g/mol. The Kier molecular flexibility index (Phi) is 59.8. The number of nitrogens with one attached hydrogen (secondary N) is 1. The number of ether oxygens (including phenoxy) is 4. The van der Waals surface area contributed by atoms with Crippen molar-refractivity contribution in [2.75, 3.05) is 27.4 Å². The molecule has 22 nitrogen and oxygen atoms in total.